The molecule has 8 heteroatoms. The van der Waals surface area contributed by atoms with E-state index in [1.807, 2.05) is 91.9 Å². The van der Waals surface area contributed by atoms with E-state index in [-0.39, 0.29) is 5.91 Å². The monoisotopic (exact) mass is 500 g/mol. The molecule has 0 radical (unpaired) electrons. The van der Waals surface area contributed by atoms with Crippen LogP contribution in [0.25, 0.3) is 22.3 Å². The van der Waals surface area contributed by atoms with Crippen LogP contribution < -0.4 is 10.1 Å². The van der Waals surface area contributed by atoms with Gasteiger partial charge in [-0.3, -0.25) is 14.2 Å². The number of carbonyl (C=O) groups is 1. The van der Waals surface area contributed by atoms with Crippen molar-refractivity contribution in [2.24, 2.45) is 14.1 Å². The normalized spacial score (nSPS) is 11.7. The van der Waals surface area contributed by atoms with Gasteiger partial charge in [-0.25, -0.2) is 0 Å². The number of rotatable bonds is 9. The second kappa shape index (κ2) is 10.6. The number of hydrogen-bond donors (Lipinski definition) is 1. The van der Waals surface area contributed by atoms with E-state index in [1.165, 1.54) is 0 Å². The molecule has 194 valence electrons. The molecule has 0 aliphatic heterocycles. The summed E-state index contributed by atoms with van der Waals surface area (Å²) >= 11 is 0. The first-order valence-corrected chi connectivity index (χ1v) is 12.4. The Balaban J connectivity index is 1.65. The zero-order chi connectivity index (χ0) is 26.7. The molecule has 0 aliphatic carbocycles. The van der Waals surface area contributed by atoms with Crippen LogP contribution >= 0.6 is 0 Å². The van der Waals surface area contributed by atoms with Crippen molar-refractivity contribution in [3.63, 3.8) is 0 Å². The van der Waals surface area contributed by atoms with Crippen LogP contribution in [-0.4, -0.2) is 57.6 Å². The Bertz CT molecular complexity index is 1340. The van der Waals surface area contributed by atoms with Gasteiger partial charge in [-0.2, -0.15) is 10.2 Å². The third-order valence-corrected chi connectivity index (χ3v) is 6.42. The minimum atomic E-state index is -0.652. The second-order valence-electron chi connectivity index (χ2n) is 10.3. The molecule has 2 heterocycles. The van der Waals surface area contributed by atoms with E-state index in [9.17, 15) is 4.79 Å². The van der Waals surface area contributed by atoms with Crippen molar-refractivity contribution < 1.29 is 9.53 Å². The van der Waals surface area contributed by atoms with Gasteiger partial charge in [-0.1, -0.05) is 6.07 Å². The summed E-state index contributed by atoms with van der Waals surface area (Å²) in [6, 6.07) is 12.0. The Morgan fingerprint density at radius 2 is 1.54 bits per heavy atom. The molecule has 0 bridgehead atoms. The summed E-state index contributed by atoms with van der Waals surface area (Å²) in [6.07, 6.45) is 7.68. The molecule has 0 aliphatic rings. The van der Waals surface area contributed by atoms with Crippen LogP contribution in [0.3, 0.4) is 0 Å². The highest BCUT2D eigenvalue weighted by Crippen LogP contribution is 2.33. The number of carbonyl (C=O) groups excluding carboxylic acids is 1. The zero-order valence-electron chi connectivity index (χ0n) is 22.7. The summed E-state index contributed by atoms with van der Waals surface area (Å²) in [5, 5.41) is 11.9. The number of nitrogens with one attached hydrogen (secondary N) is 1. The van der Waals surface area contributed by atoms with Crippen LogP contribution in [0, 0.1) is 6.92 Å². The van der Waals surface area contributed by atoms with Gasteiger partial charge in [0.2, 0.25) is 0 Å². The first-order valence-electron chi connectivity index (χ1n) is 12.4. The molecule has 0 spiro atoms. The van der Waals surface area contributed by atoms with Crippen LogP contribution in [0.15, 0.2) is 61.2 Å². The molecule has 8 nitrogen and oxygen atoms in total. The van der Waals surface area contributed by atoms with Gasteiger partial charge in [0.25, 0.3) is 5.91 Å². The lowest BCUT2D eigenvalue weighted by Crippen LogP contribution is -2.41. The van der Waals surface area contributed by atoms with Gasteiger partial charge in [-0.15, -0.1) is 0 Å². The van der Waals surface area contributed by atoms with Crippen LogP contribution in [0.4, 0.5) is 0 Å². The number of nitrogens with zero attached hydrogens (tertiary/aromatic N) is 5. The number of aromatic nitrogens is 4. The summed E-state index contributed by atoms with van der Waals surface area (Å²) in [6.45, 7) is 7.34. The van der Waals surface area contributed by atoms with Crippen molar-refractivity contribution in [3.8, 4) is 28.0 Å². The van der Waals surface area contributed by atoms with Gasteiger partial charge in [0.15, 0.2) is 0 Å². The highest BCUT2D eigenvalue weighted by molar-refractivity contribution is 5.96. The summed E-state index contributed by atoms with van der Waals surface area (Å²) in [5.41, 5.74) is 5.90. The maximum Gasteiger partial charge on any atom is 0.252 e. The van der Waals surface area contributed by atoms with Crippen molar-refractivity contribution in [1.29, 1.82) is 0 Å². The van der Waals surface area contributed by atoms with Crippen LogP contribution in [-0.2, 0) is 19.6 Å². The number of amides is 1. The molecule has 0 saturated carbocycles. The molecule has 0 fully saturated rings. The fourth-order valence-corrected chi connectivity index (χ4v) is 4.17. The Labute approximate surface area is 218 Å². The van der Waals surface area contributed by atoms with Crippen molar-refractivity contribution in [1.82, 2.24) is 29.8 Å². The van der Waals surface area contributed by atoms with Crippen molar-refractivity contribution in [3.05, 3.63) is 77.9 Å². The Kier molecular flexibility index (Phi) is 7.50. The topological polar surface area (TPSA) is 77.2 Å². The smallest absolute Gasteiger partial charge is 0.252 e. The lowest BCUT2D eigenvalue weighted by molar-refractivity contribution is 0.0911. The number of aryl methyl sites for hydroxylation is 3. The molecule has 1 amide bonds. The lowest BCUT2D eigenvalue weighted by atomic mass is 9.88. The summed E-state index contributed by atoms with van der Waals surface area (Å²) in [5.74, 6) is 0.545. The van der Waals surface area contributed by atoms with Crippen molar-refractivity contribution in [2.45, 2.75) is 26.3 Å². The van der Waals surface area contributed by atoms with Crippen molar-refractivity contribution >= 4 is 5.91 Å². The molecular weight excluding hydrogens is 464 g/mol. The van der Waals surface area contributed by atoms with E-state index in [1.54, 1.807) is 9.36 Å². The molecule has 4 rings (SSSR count). The van der Waals surface area contributed by atoms with Crippen LogP contribution in [0.5, 0.6) is 5.75 Å². The van der Waals surface area contributed by atoms with Crippen LogP contribution in [0.2, 0.25) is 0 Å². The Hall–Kier alpha value is -3.91. The predicted octanol–water partition coefficient (Wildman–Crippen LogP) is 4.40. The molecular formula is C29H36N6O2. The standard InChI is InChI=1S/C29H36N6O2/c1-20-8-9-26(37-11-10-33(4)5)15-27(20)28(36)32-29(2,3)25-13-21(23-16-30-34(6)18-23)12-22(14-25)24-17-31-35(7)19-24/h8-9,12-19H,10-11H2,1-7H3,(H,32,36). The minimum Gasteiger partial charge on any atom is -0.492 e. The van der Waals surface area contributed by atoms with Gasteiger partial charge >= 0.3 is 0 Å². The van der Waals surface area contributed by atoms with Gasteiger partial charge in [-0.05, 0) is 87.5 Å². The molecule has 0 saturated heterocycles. The quantitative estimate of drug-likeness (QED) is 0.369. The average molecular weight is 501 g/mol. The van der Waals surface area contributed by atoms with Crippen LogP contribution in [0.1, 0.15) is 35.3 Å². The fourth-order valence-electron chi connectivity index (χ4n) is 4.17. The zero-order valence-corrected chi connectivity index (χ0v) is 22.7. The van der Waals surface area contributed by atoms with Gasteiger partial charge < -0.3 is 15.0 Å². The molecule has 0 atom stereocenters. The van der Waals surface area contributed by atoms with Gasteiger partial charge in [0, 0.05) is 49.7 Å². The third kappa shape index (κ3) is 6.27. The molecule has 2 aromatic heterocycles. The number of ether oxygens (including phenoxy) is 1. The predicted molar refractivity (Wildman–Crippen MR) is 147 cm³/mol. The van der Waals surface area contributed by atoms with E-state index < -0.39 is 5.54 Å². The highest BCUT2D eigenvalue weighted by Gasteiger charge is 2.26. The third-order valence-electron chi connectivity index (χ3n) is 6.42. The molecule has 4 aromatic rings. The van der Waals surface area contributed by atoms with E-state index in [2.05, 4.69) is 38.6 Å². The first-order chi connectivity index (χ1) is 17.5. The lowest BCUT2D eigenvalue weighted by Gasteiger charge is -2.28. The fraction of sp³-hybridized carbons (Fsp3) is 0.345. The minimum absolute atomic E-state index is 0.143. The molecule has 0 unspecified atom stereocenters. The Morgan fingerprint density at radius 1 is 0.946 bits per heavy atom. The van der Waals surface area contributed by atoms with E-state index in [0.717, 1.165) is 39.9 Å². The Morgan fingerprint density at radius 3 is 2.05 bits per heavy atom. The molecule has 37 heavy (non-hydrogen) atoms. The largest absolute Gasteiger partial charge is 0.492 e. The van der Waals surface area contributed by atoms with E-state index >= 15 is 0 Å². The summed E-state index contributed by atoms with van der Waals surface area (Å²) in [4.78, 5) is 15.6. The van der Waals surface area contributed by atoms with E-state index in [4.69, 9.17) is 4.74 Å². The molecule has 1 N–H and O–H groups in total. The van der Waals surface area contributed by atoms with E-state index in [0.29, 0.717) is 17.9 Å². The first kappa shape index (κ1) is 26.2. The summed E-state index contributed by atoms with van der Waals surface area (Å²) in [7, 11) is 7.81. The van der Waals surface area contributed by atoms with Crippen molar-refractivity contribution in [2.75, 3.05) is 27.2 Å². The SMILES string of the molecule is Cc1ccc(OCCN(C)C)cc1C(=O)NC(C)(C)c1cc(-c2cnn(C)c2)cc(-c2cnn(C)c2)c1. The second-order valence-corrected chi connectivity index (χ2v) is 10.3. The number of likely N-dealkylation sites (N-methyl/N-ethyl adjacent to an activating group) is 1. The maximum atomic E-state index is 13.5. The average Bonchev–Trinajstić information content (AvgIpc) is 3.47. The highest BCUT2D eigenvalue weighted by atomic mass is 16.5. The van der Waals surface area contributed by atoms with Gasteiger partial charge in [0.05, 0.1) is 17.9 Å². The maximum absolute atomic E-state index is 13.5. The number of benzene rings is 2. The number of hydrogen-bond acceptors (Lipinski definition) is 5. The molecule has 2 aromatic carbocycles. The van der Waals surface area contributed by atoms with Gasteiger partial charge in [0.1, 0.15) is 12.4 Å². The summed E-state index contributed by atoms with van der Waals surface area (Å²) < 4.78 is 9.45.